The normalized spacial score (nSPS) is 10.8. The Balaban J connectivity index is 3.19. The molecule has 1 rings (SSSR count). The van der Waals surface area contributed by atoms with E-state index in [-0.39, 0.29) is 5.78 Å². The lowest BCUT2D eigenvalue weighted by molar-refractivity contribution is 0.104. The molecule has 0 spiro atoms. The second kappa shape index (κ2) is 5.50. The topological polar surface area (TPSA) is 26.3 Å². The van der Waals surface area contributed by atoms with Crippen molar-refractivity contribution in [3.05, 3.63) is 41.0 Å². The monoisotopic (exact) mass is 218 g/mol. The van der Waals surface area contributed by atoms with E-state index in [4.69, 9.17) is 4.74 Å². The van der Waals surface area contributed by atoms with Crippen molar-refractivity contribution in [2.45, 2.75) is 27.2 Å². The Labute approximate surface area is 96.9 Å². The van der Waals surface area contributed by atoms with Gasteiger partial charge in [-0.25, -0.2) is 0 Å². The molecule has 0 heterocycles. The van der Waals surface area contributed by atoms with Crippen molar-refractivity contribution in [3.8, 4) is 5.75 Å². The largest absolute Gasteiger partial charge is 0.496 e. The van der Waals surface area contributed by atoms with Gasteiger partial charge in [-0.05, 0) is 43.5 Å². The minimum atomic E-state index is 0.00167. The van der Waals surface area contributed by atoms with Crippen molar-refractivity contribution in [2.75, 3.05) is 7.11 Å². The second-order valence-corrected chi connectivity index (χ2v) is 3.76. The van der Waals surface area contributed by atoms with Gasteiger partial charge >= 0.3 is 0 Å². The zero-order valence-corrected chi connectivity index (χ0v) is 10.3. The molecule has 0 bridgehead atoms. The quantitative estimate of drug-likeness (QED) is 0.571. The molecular formula is C14H18O2. The molecule has 0 N–H and O–H groups in total. The van der Waals surface area contributed by atoms with E-state index in [1.165, 1.54) is 0 Å². The van der Waals surface area contributed by atoms with Gasteiger partial charge in [0.1, 0.15) is 5.75 Å². The predicted octanol–water partition coefficient (Wildman–Crippen LogP) is 3.46. The lowest BCUT2D eigenvalue weighted by Gasteiger charge is -2.11. The summed E-state index contributed by atoms with van der Waals surface area (Å²) in [5.41, 5.74) is 2.79. The van der Waals surface area contributed by atoms with Gasteiger partial charge in [0.05, 0.1) is 12.7 Å². The number of hydrogen-bond acceptors (Lipinski definition) is 2. The summed E-state index contributed by atoms with van der Waals surface area (Å²) < 4.78 is 5.30. The molecule has 0 amide bonds. The summed E-state index contributed by atoms with van der Waals surface area (Å²) in [6, 6.07) is 3.77. The molecule has 16 heavy (non-hydrogen) atoms. The molecule has 0 radical (unpaired) electrons. The fraction of sp³-hybridized carbons (Fsp3) is 0.357. The average molecular weight is 218 g/mol. The van der Waals surface area contributed by atoms with Gasteiger partial charge in [0.25, 0.3) is 0 Å². The number of aryl methyl sites for hydroxylation is 1. The maximum atomic E-state index is 11.9. The first-order valence-electron chi connectivity index (χ1n) is 5.46. The van der Waals surface area contributed by atoms with E-state index in [2.05, 4.69) is 0 Å². The molecule has 0 unspecified atom stereocenters. The molecule has 2 heteroatoms. The second-order valence-electron chi connectivity index (χ2n) is 3.76. The van der Waals surface area contributed by atoms with Crippen LogP contribution in [0.25, 0.3) is 0 Å². The minimum Gasteiger partial charge on any atom is -0.496 e. The Morgan fingerprint density at radius 2 is 2.06 bits per heavy atom. The molecule has 0 atom stereocenters. The zero-order chi connectivity index (χ0) is 12.1. The van der Waals surface area contributed by atoms with Crippen LogP contribution in [-0.4, -0.2) is 12.9 Å². The third-order valence-electron chi connectivity index (χ3n) is 2.65. The van der Waals surface area contributed by atoms with Crippen molar-refractivity contribution < 1.29 is 9.53 Å². The number of ketones is 1. The summed E-state index contributed by atoms with van der Waals surface area (Å²) >= 11 is 0. The molecule has 1 aromatic carbocycles. The molecule has 2 nitrogen and oxygen atoms in total. The van der Waals surface area contributed by atoms with Gasteiger partial charge in [0.2, 0.25) is 0 Å². The zero-order valence-electron chi connectivity index (χ0n) is 10.3. The van der Waals surface area contributed by atoms with Crippen LogP contribution in [-0.2, 0) is 0 Å². The highest BCUT2D eigenvalue weighted by molar-refractivity contribution is 6.06. The summed E-state index contributed by atoms with van der Waals surface area (Å²) in [6.07, 6.45) is 4.32. The van der Waals surface area contributed by atoms with E-state index < -0.39 is 0 Å². The molecule has 0 aliphatic rings. The van der Waals surface area contributed by atoms with E-state index in [1.807, 2.05) is 39.0 Å². The molecule has 0 aliphatic heterocycles. The molecule has 86 valence electrons. The molecule has 0 aromatic heterocycles. The van der Waals surface area contributed by atoms with Crippen LogP contribution in [0.4, 0.5) is 0 Å². The highest BCUT2D eigenvalue weighted by Gasteiger charge is 2.12. The standard InChI is InChI=1S/C14H18O2/c1-5-6-7-13(15)12-9-8-10(2)11(3)14(12)16-4/h6-9H,5H2,1-4H3/b7-6+. The van der Waals surface area contributed by atoms with E-state index in [0.717, 1.165) is 17.5 Å². The van der Waals surface area contributed by atoms with Crippen molar-refractivity contribution in [3.63, 3.8) is 0 Å². The Morgan fingerprint density at radius 3 is 2.62 bits per heavy atom. The highest BCUT2D eigenvalue weighted by Crippen LogP contribution is 2.26. The SMILES string of the molecule is CC/C=C/C(=O)c1ccc(C)c(C)c1OC. The Kier molecular flexibility index (Phi) is 4.29. The number of allylic oxidation sites excluding steroid dienone is 2. The van der Waals surface area contributed by atoms with Gasteiger partial charge in [-0.15, -0.1) is 0 Å². The van der Waals surface area contributed by atoms with Crippen LogP contribution in [0.5, 0.6) is 5.75 Å². The summed E-state index contributed by atoms with van der Waals surface area (Å²) in [5, 5.41) is 0. The van der Waals surface area contributed by atoms with Crippen LogP contribution in [0, 0.1) is 13.8 Å². The molecule has 0 saturated heterocycles. The van der Waals surface area contributed by atoms with Crippen molar-refractivity contribution in [1.29, 1.82) is 0 Å². The first kappa shape index (κ1) is 12.5. The fourth-order valence-corrected chi connectivity index (χ4v) is 1.56. The third-order valence-corrected chi connectivity index (χ3v) is 2.65. The Hall–Kier alpha value is -1.57. The van der Waals surface area contributed by atoms with Gasteiger partial charge in [-0.3, -0.25) is 4.79 Å². The van der Waals surface area contributed by atoms with E-state index in [9.17, 15) is 4.79 Å². The van der Waals surface area contributed by atoms with Crippen molar-refractivity contribution >= 4 is 5.78 Å². The number of benzene rings is 1. The number of rotatable bonds is 4. The van der Waals surface area contributed by atoms with Crippen LogP contribution in [0.15, 0.2) is 24.3 Å². The maximum Gasteiger partial charge on any atom is 0.189 e. The van der Waals surface area contributed by atoms with E-state index >= 15 is 0 Å². The summed E-state index contributed by atoms with van der Waals surface area (Å²) in [6.45, 7) is 5.98. The smallest absolute Gasteiger partial charge is 0.189 e. The van der Waals surface area contributed by atoms with Gasteiger partial charge < -0.3 is 4.74 Å². The first-order chi connectivity index (χ1) is 7.61. The molecule has 0 saturated carbocycles. The third kappa shape index (κ3) is 2.51. The number of carbonyl (C=O) groups excluding carboxylic acids is 1. The number of carbonyl (C=O) groups is 1. The predicted molar refractivity (Wildman–Crippen MR) is 66.2 cm³/mol. The summed E-state index contributed by atoms with van der Waals surface area (Å²) in [5.74, 6) is 0.688. The van der Waals surface area contributed by atoms with Crippen LogP contribution in [0.3, 0.4) is 0 Å². The Bertz CT molecular complexity index is 417. The molecular weight excluding hydrogens is 200 g/mol. The van der Waals surface area contributed by atoms with Gasteiger partial charge in [-0.2, -0.15) is 0 Å². The summed E-state index contributed by atoms with van der Waals surface area (Å²) in [4.78, 5) is 11.9. The molecule has 1 aromatic rings. The van der Waals surface area contributed by atoms with E-state index in [0.29, 0.717) is 11.3 Å². The molecule has 0 fully saturated rings. The number of methoxy groups -OCH3 is 1. The van der Waals surface area contributed by atoms with Gasteiger partial charge in [0, 0.05) is 0 Å². The Morgan fingerprint density at radius 1 is 1.38 bits per heavy atom. The van der Waals surface area contributed by atoms with Crippen LogP contribution in [0.1, 0.15) is 34.8 Å². The minimum absolute atomic E-state index is 0.00167. The van der Waals surface area contributed by atoms with Crippen LogP contribution >= 0.6 is 0 Å². The summed E-state index contributed by atoms with van der Waals surface area (Å²) in [7, 11) is 1.60. The van der Waals surface area contributed by atoms with Gasteiger partial charge in [0.15, 0.2) is 5.78 Å². The van der Waals surface area contributed by atoms with Crippen molar-refractivity contribution in [1.82, 2.24) is 0 Å². The number of ether oxygens (including phenoxy) is 1. The van der Waals surface area contributed by atoms with Crippen molar-refractivity contribution in [2.24, 2.45) is 0 Å². The van der Waals surface area contributed by atoms with E-state index in [1.54, 1.807) is 13.2 Å². The maximum absolute atomic E-state index is 11.9. The van der Waals surface area contributed by atoms with Gasteiger partial charge in [-0.1, -0.05) is 19.1 Å². The lowest BCUT2D eigenvalue weighted by Crippen LogP contribution is -2.02. The average Bonchev–Trinajstić information content (AvgIpc) is 2.29. The lowest BCUT2D eigenvalue weighted by atomic mass is 10.0. The van der Waals surface area contributed by atoms with Crippen LogP contribution in [0.2, 0.25) is 0 Å². The first-order valence-corrected chi connectivity index (χ1v) is 5.46. The fourth-order valence-electron chi connectivity index (χ4n) is 1.56. The highest BCUT2D eigenvalue weighted by atomic mass is 16.5. The molecule has 0 aliphatic carbocycles. The van der Waals surface area contributed by atoms with Crippen LogP contribution < -0.4 is 4.74 Å². The number of hydrogen-bond donors (Lipinski definition) is 0.